The van der Waals surface area contributed by atoms with E-state index in [9.17, 15) is 0 Å². The lowest BCUT2D eigenvalue weighted by Crippen LogP contribution is -2.65. The second-order valence-corrected chi connectivity index (χ2v) is 7.15. The van der Waals surface area contributed by atoms with Gasteiger partial charge in [-0.3, -0.25) is 4.90 Å². The zero-order valence-electron chi connectivity index (χ0n) is 15.1. The molecule has 2 aromatic rings. The van der Waals surface area contributed by atoms with Crippen LogP contribution in [0.5, 0.6) is 0 Å². The van der Waals surface area contributed by atoms with E-state index >= 15 is 0 Å². The molecule has 0 atom stereocenters. The van der Waals surface area contributed by atoms with Crippen LogP contribution in [0.15, 0.2) is 22.6 Å². The highest BCUT2D eigenvalue weighted by atomic mass is 16.5. The van der Waals surface area contributed by atoms with Crippen LogP contribution in [-0.4, -0.2) is 61.0 Å². The second-order valence-electron chi connectivity index (χ2n) is 7.15. The summed E-state index contributed by atoms with van der Waals surface area (Å²) in [4.78, 5) is 7.13. The van der Waals surface area contributed by atoms with Crippen LogP contribution < -0.4 is 5.32 Å². The van der Waals surface area contributed by atoms with Gasteiger partial charge in [0.25, 0.3) is 6.01 Å². The topological polar surface area (TPSA) is 59.8 Å². The molecule has 2 aliphatic rings. The number of aromatic nitrogens is 1. The normalized spacial score (nSPS) is 27.4. The largest absolute Gasteiger partial charge is 0.424 e. The number of morpholine rings is 1. The van der Waals surface area contributed by atoms with Crippen molar-refractivity contribution < 1.29 is 13.9 Å². The van der Waals surface area contributed by atoms with E-state index < -0.39 is 0 Å². The number of nitrogens with zero attached hydrogens (tertiary/aromatic N) is 2. The maximum absolute atomic E-state index is 5.85. The zero-order valence-corrected chi connectivity index (χ0v) is 15.1. The first-order valence-electron chi connectivity index (χ1n) is 9.24. The molecule has 25 heavy (non-hydrogen) atoms. The van der Waals surface area contributed by atoms with E-state index in [1.165, 1.54) is 5.56 Å². The summed E-state index contributed by atoms with van der Waals surface area (Å²) in [5.41, 5.74) is 3.04. The van der Waals surface area contributed by atoms with Gasteiger partial charge >= 0.3 is 0 Å². The van der Waals surface area contributed by atoms with Crippen molar-refractivity contribution in [2.75, 3.05) is 44.8 Å². The Balaban J connectivity index is 1.46. The van der Waals surface area contributed by atoms with Gasteiger partial charge in [0.2, 0.25) is 0 Å². The summed E-state index contributed by atoms with van der Waals surface area (Å²) in [5.74, 6) is 0. The van der Waals surface area contributed by atoms with Crippen LogP contribution in [0.2, 0.25) is 0 Å². The minimum Gasteiger partial charge on any atom is -0.424 e. The van der Waals surface area contributed by atoms with E-state index in [0.717, 1.165) is 63.4 Å². The summed E-state index contributed by atoms with van der Waals surface area (Å²) < 4.78 is 17.2. The Kier molecular flexibility index (Phi) is 4.67. The Morgan fingerprint density at radius 2 is 2.12 bits per heavy atom. The number of benzene rings is 1. The molecule has 136 valence electrons. The Morgan fingerprint density at radius 1 is 1.32 bits per heavy atom. The van der Waals surface area contributed by atoms with Gasteiger partial charge in [0, 0.05) is 31.8 Å². The molecule has 1 aliphatic heterocycles. The molecule has 1 N–H and O–H groups in total. The third-order valence-corrected chi connectivity index (χ3v) is 5.41. The zero-order chi connectivity index (χ0) is 17.3. The summed E-state index contributed by atoms with van der Waals surface area (Å²) in [6.07, 6.45) is 2.46. The number of hydrogen-bond acceptors (Lipinski definition) is 6. The highest BCUT2D eigenvalue weighted by Crippen LogP contribution is 2.40. The molecule has 1 aliphatic carbocycles. The minimum absolute atomic E-state index is 0.111. The van der Waals surface area contributed by atoms with Crippen LogP contribution in [0.25, 0.3) is 11.1 Å². The molecule has 1 saturated carbocycles. The molecular weight excluding hydrogens is 318 g/mol. The number of fused-ring (bicyclic) bond motifs is 1. The number of oxazole rings is 1. The summed E-state index contributed by atoms with van der Waals surface area (Å²) >= 11 is 0. The average molecular weight is 345 g/mol. The van der Waals surface area contributed by atoms with Crippen molar-refractivity contribution in [2.45, 2.75) is 38.3 Å². The van der Waals surface area contributed by atoms with Crippen LogP contribution in [0.3, 0.4) is 0 Å². The molecule has 0 unspecified atom stereocenters. The SMILES string of the molecule is CCOC1CC(CNc2nc3cc(C)ccc3o2)(N2CCOCC2)C1. The Morgan fingerprint density at radius 3 is 2.88 bits per heavy atom. The van der Waals surface area contributed by atoms with Crippen LogP contribution in [0.4, 0.5) is 6.01 Å². The van der Waals surface area contributed by atoms with Gasteiger partial charge in [-0.25, -0.2) is 0 Å². The fraction of sp³-hybridized carbons (Fsp3) is 0.632. The fourth-order valence-electron chi connectivity index (χ4n) is 4.05. The Hall–Kier alpha value is -1.63. The van der Waals surface area contributed by atoms with Gasteiger partial charge in [0.05, 0.1) is 19.3 Å². The predicted molar refractivity (Wildman–Crippen MR) is 97.0 cm³/mol. The van der Waals surface area contributed by atoms with Gasteiger partial charge < -0.3 is 19.2 Å². The lowest BCUT2D eigenvalue weighted by Gasteiger charge is -2.55. The van der Waals surface area contributed by atoms with E-state index in [1.54, 1.807) is 0 Å². The molecule has 2 fully saturated rings. The summed E-state index contributed by atoms with van der Waals surface area (Å²) in [6.45, 7) is 9.31. The number of nitrogens with one attached hydrogen (secondary N) is 1. The second kappa shape index (κ2) is 6.94. The highest BCUT2D eigenvalue weighted by Gasteiger charge is 2.49. The first-order valence-corrected chi connectivity index (χ1v) is 9.24. The van der Waals surface area contributed by atoms with Crippen molar-refractivity contribution in [3.63, 3.8) is 0 Å². The van der Waals surface area contributed by atoms with Gasteiger partial charge in [-0.05, 0) is 44.4 Å². The van der Waals surface area contributed by atoms with Crippen molar-refractivity contribution >= 4 is 17.1 Å². The highest BCUT2D eigenvalue weighted by molar-refractivity contribution is 5.75. The summed E-state index contributed by atoms with van der Waals surface area (Å²) in [5, 5.41) is 3.44. The lowest BCUT2D eigenvalue weighted by molar-refractivity contribution is -0.121. The fourth-order valence-corrected chi connectivity index (χ4v) is 4.05. The third-order valence-electron chi connectivity index (χ3n) is 5.41. The summed E-state index contributed by atoms with van der Waals surface area (Å²) in [6, 6.07) is 6.68. The first kappa shape index (κ1) is 16.8. The van der Waals surface area contributed by atoms with Gasteiger partial charge in [-0.1, -0.05) is 6.07 Å². The van der Waals surface area contributed by atoms with Gasteiger partial charge in [0.1, 0.15) is 5.52 Å². The van der Waals surface area contributed by atoms with Crippen molar-refractivity contribution in [2.24, 2.45) is 0 Å². The third kappa shape index (κ3) is 3.38. The molecule has 6 nitrogen and oxygen atoms in total. The predicted octanol–water partition coefficient (Wildman–Crippen LogP) is 2.82. The van der Waals surface area contributed by atoms with E-state index in [2.05, 4.69) is 35.1 Å². The summed E-state index contributed by atoms with van der Waals surface area (Å²) in [7, 11) is 0. The molecule has 0 amide bonds. The number of aryl methyl sites for hydroxylation is 1. The molecule has 2 heterocycles. The van der Waals surface area contributed by atoms with Gasteiger partial charge in [0.15, 0.2) is 5.58 Å². The monoisotopic (exact) mass is 345 g/mol. The Labute approximate surface area is 148 Å². The maximum Gasteiger partial charge on any atom is 0.295 e. The molecular formula is C19H27N3O3. The number of ether oxygens (including phenoxy) is 2. The van der Waals surface area contributed by atoms with E-state index in [0.29, 0.717) is 12.1 Å². The molecule has 0 spiro atoms. The van der Waals surface area contributed by atoms with E-state index in [1.807, 2.05) is 12.1 Å². The van der Waals surface area contributed by atoms with Crippen LogP contribution in [-0.2, 0) is 9.47 Å². The maximum atomic E-state index is 5.85. The lowest BCUT2D eigenvalue weighted by atomic mass is 9.72. The smallest absolute Gasteiger partial charge is 0.295 e. The quantitative estimate of drug-likeness (QED) is 0.869. The van der Waals surface area contributed by atoms with Crippen LogP contribution >= 0.6 is 0 Å². The molecule has 1 aromatic heterocycles. The van der Waals surface area contributed by atoms with Crippen molar-refractivity contribution in [1.29, 1.82) is 0 Å². The van der Waals surface area contributed by atoms with E-state index in [4.69, 9.17) is 13.9 Å². The number of rotatable bonds is 6. The molecule has 4 rings (SSSR count). The average Bonchev–Trinajstić information content (AvgIpc) is 2.99. The van der Waals surface area contributed by atoms with E-state index in [-0.39, 0.29) is 5.54 Å². The van der Waals surface area contributed by atoms with Crippen molar-refractivity contribution in [1.82, 2.24) is 9.88 Å². The first-order chi connectivity index (χ1) is 12.2. The molecule has 6 heteroatoms. The van der Waals surface area contributed by atoms with Crippen LogP contribution in [0.1, 0.15) is 25.3 Å². The molecule has 0 bridgehead atoms. The standard InChI is InChI=1S/C19H27N3O3/c1-3-24-15-11-19(12-15,22-6-8-23-9-7-22)13-20-18-21-16-10-14(2)4-5-17(16)25-18/h4-5,10,15H,3,6-9,11-13H2,1-2H3,(H,20,21). The number of hydrogen-bond donors (Lipinski definition) is 1. The van der Waals surface area contributed by atoms with Gasteiger partial charge in [-0.15, -0.1) is 0 Å². The molecule has 0 radical (unpaired) electrons. The van der Waals surface area contributed by atoms with Crippen molar-refractivity contribution in [3.8, 4) is 0 Å². The minimum atomic E-state index is 0.111. The van der Waals surface area contributed by atoms with Gasteiger partial charge in [-0.2, -0.15) is 4.98 Å². The Bertz CT molecular complexity index is 718. The van der Waals surface area contributed by atoms with Crippen LogP contribution in [0, 0.1) is 6.92 Å². The number of anilines is 1. The molecule has 1 aromatic carbocycles. The van der Waals surface area contributed by atoms with Crippen molar-refractivity contribution in [3.05, 3.63) is 23.8 Å². The molecule has 1 saturated heterocycles.